The van der Waals surface area contributed by atoms with Crippen molar-refractivity contribution in [1.82, 2.24) is 25.4 Å². The number of hydrogen-bond donors (Lipinski definition) is 3. The third-order valence-corrected chi connectivity index (χ3v) is 9.64. The number of amides is 4. The van der Waals surface area contributed by atoms with Crippen LogP contribution < -0.4 is 20.1 Å². The second-order valence-electron chi connectivity index (χ2n) is 15.0. The summed E-state index contributed by atoms with van der Waals surface area (Å²) in [4.78, 5) is 59.2. The van der Waals surface area contributed by atoms with Gasteiger partial charge in [0.25, 0.3) is 5.91 Å². The summed E-state index contributed by atoms with van der Waals surface area (Å²) in [6.07, 6.45) is 4.55. The van der Waals surface area contributed by atoms with E-state index in [9.17, 15) is 19.2 Å². The molecule has 0 saturated carbocycles. The molecule has 2 aromatic carbocycles. The van der Waals surface area contributed by atoms with Crippen molar-refractivity contribution in [2.45, 2.75) is 66.9 Å². The van der Waals surface area contributed by atoms with Crippen molar-refractivity contribution in [2.75, 3.05) is 46.9 Å². The molecule has 3 N–H and O–H groups in total. The summed E-state index contributed by atoms with van der Waals surface area (Å²) in [6, 6.07) is 10.6. The Labute approximate surface area is 306 Å². The van der Waals surface area contributed by atoms with Crippen molar-refractivity contribution in [3.8, 4) is 11.5 Å². The van der Waals surface area contributed by atoms with E-state index in [0.29, 0.717) is 47.1 Å². The molecule has 11 nitrogen and oxygen atoms in total. The Balaban J connectivity index is 0.000000755. The van der Waals surface area contributed by atoms with Gasteiger partial charge in [0.15, 0.2) is 11.5 Å². The topological polar surface area (TPSA) is 133 Å². The van der Waals surface area contributed by atoms with Crippen LogP contribution in [-0.4, -0.2) is 91.4 Å². The molecule has 3 unspecified atom stereocenters. The number of piperidine rings is 1. The molecule has 5 rings (SSSR count). The average molecular weight is 724 g/mol. The van der Waals surface area contributed by atoms with Crippen molar-refractivity contribution in [1.29, 1.82) is 0 Å². The van der Waals surface area contributed by atoms with E-state index in [1.807, 2.05) is 26.0 Å². The lowest BCUT2D eigenvalue weighted by Gasteiger charge is -2.39. The van der Waals surface area contributed by atoms with Crippen LogP contribution >= 0.6 is 11.6 Å². The average Bonchev–Trinajstić information content (AvgIpc) is 3.69. The number of likely N-dealkylation sites (tertiary alicyclic amines) is 2. The van der Waals surface area contributed by atoms with Crippen molar-refractivity contribution in [2.24, 2.45) is 23.2 Å². The molecule has 0 aliphatic carbocycles. The van der Waals surface area contributed by atoms with Crippen molar-refractivity contribution in [3.05, 3.63) is 58.7 Å². The third-order valence-electron chi connectivity index (χ3n) is 9.40. The van der Waals surface area contributed by atoms with Crippen molar-refractivity contribution >= 4 is 46.1 Å². The number of benzene rings is 2. The van der Waals surface area contributed by atoms with Crippen LogP contribution in [0.2, 0.25) is 5.02 Å². The number of hydrogen-bond acceptors (Lipinski definition) is 6. The van der Waals surface area contributed by atoms with Gasteiger partial charge in [-0.2, -0.15) is 0 Å². The molecular weight excluding hydrogens is 670 g/mol. The van der Waals surface area contributed by atoms with E-state index in [4.69, 9.17) is 21.1 Å². The van der Waals surface area contributed by atoms with Gasteiger partial charge in [-0.3, -0.25) is 19.2 Å². The zero-order valence-corrected chi connectivity index (χ0v) is 32.0. The molecule has 0 radical (unpaired) electrons. The molecule has 4 amide bonds. The Morgan fingerprint density at radius 2 is 1.73 bits per heavy atom. The van der Waals surface area contributed by atoms with Crippen LogP contribution in [-0.2, 0) is 20.8 Å². The van der Waals surface area contributed by atoms with E-state index in [-0.39, 0.29) is 61.1 Å². The molecule has 3 heterocycles. The smallest absolute Gasteiger partial charge is 0.254 e. The number of H-pyrrole nitrogens is 1. The number of fused-ring (bicyclic) bond motifs is 2. The first kappa shape index (κ1) is 39.5. The van der Waals surface area contributed by atoms with Crippen LogP contribution in [0, 0.1) is 23.2 Å². The lowest BCUT2D eigenvalue weighted by Crippen LogP contribution is -2.54. The zero-order valence-electron chi connectivity index (χ0n) is 31.2. The van der Waals surface area contributed by atoms with Gasteiger partial charge in [-0.05, 0) is 73.4 Å². The second kappa shape index (κ2) is 17.3. The van der Waals surface area contributed by atoms with Gasteiger partial charge in [0.2, 0.25) is 17.7 Å². The molecule has 51 heavy (non-hydrogen) atoms. The first-order chi connectivity index (χ1) is 24.1. The Hall–Kier alpha value is -4.25. The molecule has 2 aliphatic rings. The van der Waals surface area contributed by atoms with E-state index in [1.165, 1.54) is 27.0 Å². The van der Waals surface area contributed by atoms with E-state index in [2.05, 4.69) is 43.3 Å². The van der Waals surface area contributed by atoms with Gasteiger partial charge < -0.3 is 34.9 Å². The number of carbonyl (C=O) groups excluding carboxylic acids is 4. The number of halogens is 1. The molecule has 1 aromatic heterocycles. The summed E-state index contributed by atoms with van der Waals surface area (Å²) in [7, 11) is 3.03. The lowest BCUT2D eigenvalue weighted by molar-refractivity contribution is -0.139. The number of ether oxygens (including phenoxy) is 2. The van der Waals surface area contributed by atoms with Crippen LogP contribution in [0.5, 0.6) is 11.5 Å². The van der Waals surface area contributed by atoms with Crippen molar-refractivity contribution in [3.63, 3.8) is 0 Å². The fraction of sp³-hybridized carbons (Fsp3) is 0.538. The van der Waals surface area contributed by atoms with Crippen LogP contribution in [0.15, 0.2) is 42.6 Å². The number of rotatable bonds is 10. The van der Waals surface area contributed by atoms with Crippen LogP contribution in [0.3, 0.4) is 0 Å². The predicted molar refractivity (Wildman–Crippen MR) is 200 cm³/mol. The summed E-state index contributed by atoms with van der Waals surface area (Å²) in [5.74, 6) is -0.786. The number of nitrogens with zero attached hydrogens (tertiary/aromatic N) is 2. The number of nitrogens with one attached hydrogen (secondary N) is 3. The van der Waals surface area contributed by atoms with Crippen molar-refractivity contribution < 1.29 is 28.7 Å². The molecule has 278 valence electrons. The first-order valence-electron chi connectivity index (χ1n) is 17.8. The number of aromatic nitrogens is 1. The molecule has 3 atom stereocenters. The van der Waals surface area contributed by atoms with Gasteiger partial charge in [-0.15, -0.1) is 0 Å². The monoisotopic (exact) mass is 723 g/mol. The van der Waals surface area contributed by atoms with E-state index < -0.39 is 5.92 Å². The van der Waals surface area contributed by atoms with Gasteiger partial charge >= 0.3 is 0 Å². The van der Waals surface area contributed by atoms with Crippen LogP contribution in [0.4, 0.5) is 0 Å². The molecule has 3 aromatic rings. The van der Waals surface area contributed by atoms with Gasteiger partial charge in [0, 0.05) is 60.9 Å². The molecule has 2 aliphatic heterocycles. The highest BCUT2D eigenvalue weighted by Gasteiger charge is 2.48. The first-order valence-corrected chi connectivity index (χ1v) is 18.2. The highest BCUT2D eigenvalue weighted by Crippen LogP contribution is 2.37. The summed E-state index contributed by atoms with van der Waals surface area (Å²) in [5.41, 5.74) is 2.68. The SMILES string of the molecule is CCCC(C)(C)C.CNC(=O)CNC(=O)C1CN(C(=O)Cc2c[nH]c3cc(Cl)ccc23)CC2CN(C(=O)c3ccc(OC(C)C)c(OC)c3)CC21. The van der Waals surface area contributed by atoms with Gasteiger partial charge in [-0.25, -0.2) is 0 Å². The number of methoxy groups -OCH3 is 1. The van der Waals surface area contributed by atoms with Crippen LogP contribution in [0.25, 0.3) is 10.9 Å². The Morgan fingerprint density at radius 1 is 1.00 bits per heavy atom. The van der Waals surface area contributed by atoms with Gasteiger partial charge in [-0.1, -0.05) is 51.8 Å². The summed E-state index contributed by atoms with van der Waals surface area (Å²) >= 11 is 6.12. The van der Waals surface area contributed by atoms with Gasteiger partial charge in [0.1, 0.15) is 0 Å². The summed E-state index contributed by atoms with van der Waals surface area (Å²) in [5, 5.41) is 6.74. The molecular formula is C39H54ClN5O6. The lowest BCUT2D eigenvalue weighted by atomic mass is 9.79. The molecule has 2 saturated heterocycles. The highest BCUT2D eigenvalue weighted by atomic mass is 35.5. The maximum Gasteiger partial charge on any atom is 0.254 e. The van der Waals surface area contributed by atoms with Crippen LogP contribution in [0.1, 0.15) is 70.3 Å². The largest absolute Gasteiger partial charge is 0.493 e. The summed E-state index contributed by atoms with van der Waals surface area (Å²) in [6.45, 7) is 14.1. The minimum atomic E-state index is -0.585. The highest BCUT2D eigenvalue weighted by molar-refractivity contribution is 6.31. The summed E-state index contributed by atoms with van der Waals surface area (Å²) < 4.78 is 11.3. The number of aromatic amines is 1. The maximum absolute atomic E-state index is 13.7. The minimum absolute atomic E-state index is 0.0567. The quantitative estimate of drug-likeness (QED) is 0.246. The fourth-order valence-electron chi connectivity index (χ4n) is 6.97. The van der Waals surface area contributed by atoms with E-state index >= 15 is 0 Å². The molecule has 0 spiro atoms. The maximum atomic E-state index is 13.7. The molecule has 12 heteroatoms. The Kier molecular flexibility index (Phi) is 13.4. The Morgan fingerprint density at radius 3 is 2.35 bits per heavy atom. The fourth-order valence-corrected chi connectivity index (χ4v) is 7.15. The molecule has 0 bridgehead atoms. The predicted octanol–water partition coefficient (Wildman–Crippen LogP) is 5.70. The standard InChI is InChI=1S/C32H38ClN5O6.C7H16/c1-18(2)44-27-8-5-19(9-28(27)43-4)32(42)38-15-21-14-37(17-25(24(21)16-38)31(41)36-13-29(39)34-3)30(40)10-20-12-35-26-11-22(33)6-7-23(20)26;1-5-6-7(2,3)4/h5-9,11-12,18,21,24-25,35H,10,13-17H2,1-4H3,(H,34,39)(H,36,41);5-6H2,1-4H3. The zero-order chi connectivity index (χ0) is 37.5. The third kappa shape index (κ3) is 10.4. The van der Waals surface area contributed by atoms with Gasteiger partial charge in [0.05, 0.1) is 32.1 Å². The normalized spacial score (nSPS) is 18.5. The minimum Gasteiger partial charge on any atom is -0.493 e. The Bertz CT molecular complexity index is 1700. The number of carbonyl (C=O) groups is 4. The number of likely N-dealkylation sites (N-methyl/N-ethyl adjacent to an activating group) is 1. The van der Waals surface area contributed by atoms with E-state index in [0.717, 1.165) is 16.5 Å². The second-order valence-corrected chi connectivity index (χ2v) is 15.4. The molecule has 2 fully saturated rings. The van der Waals surface area contributed by atoms with E-state index in [1.54, 1.807) is 40.3 Å².